The first-order valence-electron chi connectivity index (χ1n) is 7.43. The number of hydrogen-bond donors (Lipinski definition) is 0. The first-order chi connectivity index (χ1) is 10.7. The van der Waals surface area contributed by atoms with E-state index in [1.807, 2.05) is 56.3 Å². The van der Waals surface area contributed by atoms with Crippen molar-refractivity contribution < 1.29 is 14.2 Å². The Morgan fingerprint density at radius 3 is 2.18 bits per heavy atom. The second kappa shape index (κ2) is 8.54. The molecule has 0 aliphatic heterocycles. The van der Waals surface area contributed by atoms with Crippen LogP contribution >= 0.6 is 11.6 Å². The van der Waals surface area contributed by atoms with Gasteiger partial charge in [0.2, 0.25) is 0 Å². The van der Waals surface area contributed by atoms with Crippen molar-refractivity contribution in [1.29, 1.82) is 0 Å². The number of ether oxygens (including phenoxy) is 3. The fourth-order valence-corrected chi connectivity index (χ4v) is 2.12. The molecule has 0 radical (unpaired) electrons. The lowest BCUT2D eigenvalue weighted by atomic mass is 10.2. The summed E-state index contributed by atoms with van der Waals surface area (Å²) in [6, 6.07) is 13.4. The topological polar surface area (TPSA) is 27.7 Å². The Morgan fingerprint density at radius 2 is 1.50 bits per heavy atom. The smallest absolute Gasteiger partial charge is 0.138 e. The van der Waals surface area contributed by atoms with E-state index in [2.05, 4.69) is 0 Å². The van der Waals surface area contributed by atoms with Crippen LogP contribution in [0.15, 0.2) is 42.5 Å². The van der Waals surface area contributed by atoms with Gasteiger partial charge >= 0.3 is 0 Å². The van der Waals surface area contributed by atoms with Gasteiger partial charge in [-0.1, -0.05) is 17.7 Å². The van der Waals surface area contributed by atoms with E-state index < -0.39 is 0 Å². The highest BCUT2D eigenvalue weighted by Crippen LogP contribution is 2.25. The van der Waals surface area contributed by atoms with Crippen LogP contribution in [0.5, 0.6) is 17.2 Å². The van der Waals surface area contributed by atoms with Crippen LogP contribution in [0, 0.1) is 6.92 Å². The summed E-state index contributed by atoms with van der Waals surface area (Å²) in [6.07, 6.45) is 0.789. The minimum Gasteiger partial charge on any atom is -0.494 e. The van der Waals surface area contributed by atoms with Crippen molar-refractivity contribution in [2.45, 2.75) is 20.3 Å². The highest BCUT2D eigenvalue weighted by Gasteiger charge is 2.02. The molecule has 0 saturated carbocycles. The summed E-state index contributed by atoms with van der Waals surface area (Å²) in [5, 5.41) is 0.637. The molecule has 2 aromatic rings. The molecular formula is C18H21ClO3. The van der Waals surface area contributed by atoms with E-state index in [1.54, 1.807) is 0 Å². The Balaban J connectivity index is 1.69. The molecule has 0 fully saturated rings. The summed E-state index contributed by atoms with van der Waals surface area (Å²) in [5.74, 6) is 2.41. The summed E-state index contributed by atoms with van der Waals surface area (Å²) in [7, 11) is 0. The lowest BCUT2D eigenvalue weighted by molar-refractivity contribution is 0.247. The summed E-state index contributed by atoms with van der Waals surface area (Å²) in [6.45, 7) is 5.81. The minimum absolute atomic E-state index is 0.570. The van der Waals surface area contributed by atoms with Gasteiger partial charge in [-0.15, -0.1) is 0 Å². The maximum Gasteiger partial charge on any atom is 0.138 e. The number of benzene rings is 2. The Kier molecular flexibility index (Phi) is 6.41. The van der Waals surface area contributed by atoms with Gasteiger partial charge in [0, 0.05) is 6.42 Å². The number of rotatable bonds is 8. The average molecular weight is 321 g/mol. The van der Waals surface area contributed by atoms with Crippen molar-refractivity contribution in [3.8, 4) is 17.2 Å². The highest BCUT2D eigenvalue weighted by molar-refractivity contribution is 6.32. The number of halogens is 1. The predicted molar refractivity (Wildman–Crippen MR) is 89.4 cm³/mol. The largest absolute Gasteiger partial charge is 0.494 e. The van der Waals surface area contributed by atoms with Gasteiger partial charge in [-0.25, -0.2) is 0 Å². The fraction of sp³-hybridized carbons (Fsp3) is 0.333. The van der Waals surface area contributed by atoms with E-state index in [4.69, 9.17) is 25.8 Å². The van der Waals surface area contributed by atoms with Crippen molar-refractivity contribution in [1.82, 2.24) is 0 Å². The Morgan fingerprint density at radius 1 is 0.864 bits per heavy atom. The van der Waals surface area contributed by atoms with Crippen molar-refractivity contribution >= 4 is 11.6 Å². The molecule has 0 spiro atoms. The number of hydrogen-bond acceptors (Lipinski definition) is 3. The predicted octanol–water partition coefficient (Wildman–Crippen LogP) is 4.90. The summed E-state index contributed by atoms with van der Waals surface area (Å²) in [5.41, 5.74) is 1.13. The molecule has 0 unspecified atom stereocenters. The van der Waals surface area contributed by atoms with Gasteiger partial charge in [0.15, 0.2) is 0 Å². The zero-order valence-electron chi connectivity index (χ0n) is 13.0. The van der Waals surface area contributed by atoms with Crippen LogP contribution in [0.3, 0.4) is 0 Å². The molecular weight excluding hydrogens is 300 g/mol. The third-order valence-electron chi connectivity index (χ3n) is 3.04. The Labute approximate surface area is 136 Å². The third-order valence-corrected chi connectivity index (χ3v) is 3.35. The molecule has 0 saturated heterocycles. The summed E-state index contributed by atoms with van der Waals surface area (Å²) < 4.78 is 16.7. The van der Waals surface area contributed by atoms with Gasteiger partial charge in [-0.2, -0.15) is 0 Å². The Bertz CT molecular complexity index is 581. The second-order valence-electron chi connectivity index (χ2n) is 4.89. The van der Waals surface area contributed by atoms with E-state index in [0.717, 1.165) is 29.2 Å². The molecule has 2 aromatic carbocycles. The molecule has 0 amide bonds. The van der Waals surface area contributed by atoms with Crippen molar-refractivity contribution in [3.05, 3.63) is 53.1 Å². The van der Waals surface area contributed by atoms with Crippen LogP contribution in [0.25, 0.3) is 0 Å². The van der Waals surface area contributed by atoms with Crippen LogP contribution in [0.2, 0.25) is 5.02 Å². The molecule has 0 aromatic heterocycles. The summed E-state index contributed by atoms with van der Waals surface area (Å²) in [4.78, 5) is 0. The first kappa shape index (κ1) is 16.5. The molecule has 22 heavy (non-hydrogen) atoms. The van der Waals surface area contributed by atoms with Crippen molar-refractivity contribution in [2.24, 2.45) is 0 Å². The zero-order valence-corrected chi connectivity index (χ0v) is 13.7. The van der Waals surface area contributed by atoms with Gasteiger partial charge in [-0.05, 0) is 55.8 Å². The van der Waals surface area contributed by atoms with Gasteiger partial charge in [0.1, 0.15) is 17.2 Å². The number of aryl methyl sites for hydroxylation is 1. The van der Waals surface area contributed by atoms with E-state index in [-0.39, 0.29) is 0 Å². The van der Waals surface area contributed by atoms with Crippen LogP contribution < -0.4 is 14.2 Å². The molecule has 4 heteroatoms. The van der Waals surface area contributed by atoms with Gasteiger partial charge < -0.3 is 14.2 Å². The molecule has 3 nitrogen and oxygen atoms in total. The molecule has 0 bridgehead atoms. The van der Waals surface area contributed by atoms with Crippen LogP contribution in [0.1, 0.15) is 18.9 Å². The lowest BCUT2D eigenvalue weighted by Gasteiger charge is -2.10. The van der Waals surface area contributed by atoms with Gasteiger partial charge in [-0.3, -0.25) is 0 Å². The molecule has 0 N–H and O–H groups in total. The maximum atomic E-state index is 6.08. The average Bonchev–Trinajstić information content (AvgIpc) is 2.52. The van der Waals surface area contributed by atoms with Crippen LogP contribution in [0.4, 0.5) is 0 Å². The highest BCUT2D eigenvalue weighted by atomic mass is 35.5. The quantitative estimate of drug-likeness (QED) is 0.648. The monoisotopic (exact) mass is 320 g/mol. The Hall–Kier alpha value is -1.87. The SMILES string of the molecule is CCOc1ccc(OCCCOc2cc(C)ccc2Cl)cc1. The van der Waals surface area contributed by atoms with Crippen LogP contribution in [-0.2, 0) is 0 Å². The minimum atomic E-state index is 0.570. The standard InChI is InChI=1S/C18H21ClO3/c1-3-20-15-6-8-16(9-7-15)21-11-4-12-22-18-13-14(2)5-10-17(18)19/h5-10,13H,3-4,11-12H2,1-2H3. The molecule has 0 aliphatic carbocycles. The van der Waals surface area contributed by atoms with E-state index in [1.165, 1.54) is 0 Å². The maximum absolute atomic E-state index is 6.08. The third kappa shape index (κ3) is 5.15. The second-order valence-corrected chi connectivity index (χ2v) is 5.30. The molecule has 0 atom stereocenters. The van der Waals surface area contributed by atoms with Gasteiger partial charge in [0.05, 0.1) is 24.8 Å². The molecule has 2 rings (SSSR count). The van der Waals surface area contributed by atoms with E-state index in [9.17, 15) is 0 Å². The lowest BCUT2D eigenvalue weighted by Crippen LogP contribution is -2.05. The summed E-state index contributed by atoms with van der Waals surface area (Å²) >= 11 is 6.08. The van der Waals surface area contributed by atoms with Crippen molar-refractivity contribution in [2.75, 3.05) is 19.8 Å². The van der Waals surface area contributed by atoms with Crippen molar-refractivity contribution in [3.63, 3.8) is 0 Å². The van der Waals surface area contributed by atoms with E-state index in [0.29, 0.717) is 24.8 Å². The normalized spacial score (nSPS) is 10.3. The molecule has 0 aliphatic rings. The first-order valence-corrected chi connectivity index (χ1v) is 7.81. The van der Waals surface area contributed by atoms with Gasteiger partial charge in [0.25, 0.3) is 0 Å². The zero-order chi connectivity index (χ0) is 15.8. The van der Waals surface area contributed by atoms with E-state index >= 15 is 0 Å². The fourth-order valence-electron chi connectivity index (χ4n) is 1.95. The van der Waals surface area contributed by atoms with Crippen LogP contribution in [-0.4, -0.2) is 19.8 Å². The molecule has 118 valence electrons. The molecule has 0 heterocycles.